The van der Waals surface area contributed by atoms with Gasteiger partial charge in [-0.05, 0) is 30.0 Å². The summed E-state index contributed by atoms with van der Waals surface area (Å²) in [6.07, 6.45) is 1.62. The van der Waals surface area contributed by atoms with Gasteiger partial charge in [-0.2, -0.15) is 0 Å². The van der Waals surface area contributed by atoms with Gasteiger partial charge in [0.1, 0.15) is 0 Å². The summed E-state index contributed by atoms with van der Waals surface area (Å²) in [5.41, 5.74) is 3.08. The van der Waals surface area contributed by atoms with Crippen molar-refractivity contribution in [1.82, 2.24) is 14.8 Å². The Bertz CT molecular complexity index is 1210. The minimum atomic E-state index is -0.214. The van der Waals surface area contributed by atoms with E-state index in [2.05, 4.69) is 22.3 Å². The van der Waals surface area contributed by atoms with Gasteiger partial charge in [-0.1, -0.05) is 54.2 Å². The SMILES string of the molecule is O=C(CSc1n[nH]c(=O)n1C1Cc2ccccc2C1)c1csc2ccccc12. The molecule has 0 saturated heterocycles. The lowest BCUT2D eigenvalue weighted by atomic mass is 10.1. The van der Waals surface area contributed by atoms with Crippen molar-refractivity contribution in [2.75, 3.05) is 5.75 Å². The van der Waals surface area contributed by atoms with Gasteiger partial charge in [-0.3, -0.25) is 9.36 Å². The molecule has 0 saturated carbocycles. The van der Waals surface area contributed by atoms with Gasteiger partial charge in [0.25, 0.3) is 0 Å². The Morgan fingerprint density at radius 3 is 2.64 bits per heavy atom. The minimum Gasteiger partial charge on any atom is -0.293 e. The van der Waals surface area contributed by atoms with E-state index >= 15 is 0 Å². The molecule has 5 rings (SSSR count). The van der Waals surface area contributed by atoms with Crippen LogP contribution in [0, 0.1) is 0 Å². The molecule has 0 unspecified atom stereocenters. The molecule has 28 heavy (non-hydrogen) atoms. The molecule has 5 nitrogen and oxygen atoms in total. The first-order chi connectivity index (χ1) is 13.7. The zero-order chi connectivity index (χ0) is 19.1. The number of benzene rings is 2. The molecule has 1 aliphatic rings. The van der Waals surface area contributed by atoms with Gasteiger partial charge in [0.15, 0.2) is 10.9 Å². The highest BCUT2D eigenvalue weighted by Gasteiger charge is 2.27. The van der Waals surface area contributed by atoms with Crippen molar-refractivity contribution in [3.8, 4) is 0 Å². The summed E-state index contributed by atoms with van der Waals surface area (Å²) >= 11 is 2.90. The van der Waals surface area contributed by atoms with E-state index in [0.29, 0.717) is 5.16 Å². The number of carbonyl (C=O) groups is 1. The second-order valence-corrected chi connectivity index (χ2v) is 8.72. The van der Waals surface area contributed by atoms with Crippen LogP contribution < -0.4 is 5.69 Å². The molecule has 2 heterocycles. The topological polar surface area (TPSA) is 67.8 Å². The number of hydrogen-bond acceptors (Lipinski definition) is 5. The second-order valence-electron chi connectivity index (χ2n) is 6.87. The molecule has 0 radical (unpaired) electrons. The number of hydrogen-bond donors (Lipinski definition) is 1. The van der Waals surface area contributed by atoms with Gasteiger partial charge < -0.3 is 0 Å². The van der Waals surface area contributed by atoms with E-state index in [1.54, 1.807) is 15.9 Å². The molecule has 0 atom stereocenters. The molecule has 0 fully saturated rings. The molecule has 4 aromatic rings. The number of carbonyl (C=O) groups excluding carboxylic acids is 1. The molecule has 2 aromatic heterocycles. The van der Waals surface area contributed by atoms with E-state index in [4.69, 9.17) is 0 Å². The molecule has 0 aliphatic heterocycles. The fraction of sp³-hybridized carbons (Fsp3) is 0.190. The zero-order valence-corrected chi connectivity index (χ0v) is 16.6. The smallest absolute Gasteiger partial charge is 0.293 e. The second kappa shape index (κ2) is 7.07. The fourth-order valence-electron chi connectivity index (χ4n) is 3.83. The number of thiophene rings is 1. The summed E-state index contributed by atoms with van der Waals surface area (Å²) in [6, 6.07) is 16.2. The molecule has 2 aromatic carbocycles. The lowest BCUT2D eigenvalue weighted by molar-refractivity contribution is 0.102. The number of fused-ring (bicyclic) bond motifs is 2. The molecular weight excluding hydrogens is 390 g/mol. The third-order valence-electron chi connectivity index (χ3n) is 5.18. The first-order valence-corrected chi connectivity index (χ1v) is 10.9. The van der Waals surface area contributed by atoms with Crippen LogP contribution in [-0.2, 0) is 12.8 Å². The van der Waals surface area contributed by atoms with Gasteiger partial charge >= 0.3 is 5.69 Å². The number of H-pyrrole nitrogens is 1. The molecule has 1 aliphatic carbocycles. The summed E-state index contributed by atoms with van der Waals surface area (Å²) in [4.78, 5) is 25.1. The Hall–Kier alpha value is -2.64. The Balaban J connectivity index is 1.36. The molecule has 0 spiro atoms. The minimum absolute atomic E-state index is 0.0447. The van der Waals surface area contributed by atoms with Crippen LogP contribution in [0.2, 0.25) is 0 Å². The summed E-state index contributed by atoms with van der Waals surface area (Å²) in [6.45, 7) is 0. The Morgan fingerprint density at radius 2 is 1.86 bits per heavy atom. The van der Waals surface area contributed by atoms with Gasteiger partial charge in [0, 0.05) is 27.1 Å². The number of thioether (sulfide) groups is 1. The van der Waals surface area contributed by atoms with Crippen LogP contribution in [0.15, 0.2) is 63.9 Å². The highest BCUT2D eigenvalue weighted by molar-refractivity contribution is 7.99. The quantitative estimate of drug-likeness (QED) is 0.399. The number of aromatic amines is 1. The summed E-state index contributed by atoms with van der Waals surface area (Å²) in [5, 5.41) is 10.2. The van der Waals surface area contributed by atoms with E-state index in [-0.39, 0.29) is 23.3 Å². The first kappa shape index (κ1) is 17.5. The van der Waals surface area contributed by atoms with Crippen molar-refractivity contribution in [3.05, 3.63) is 81.1 Å². The normalized spacial score (nSPS) is 13.9. The maximum absolute atomic E-state index is 12.8. The van der Waals surface area contributed by atoms with Gasteiger partial charge in [-0.25, -0.2) is 9.89 Å². The van der Waals surface area contributed by atoms with E-state index < -0.39 is 0 Å². The monoisotopic (exact) mass is 407 g/mol. The van der Waals surface area contributed by atoms with E-state index in [0.717, 1.165) is 28.5 Å². The van der Waals surface area contributed by atoms with Gasteiger partial charge in [0.2, 0.25) is 0 Å². The van der Waals surface area contributed by atoms with Crippen molar-refractivity contribution in [3.63, 3.8) is 0 Å². The van der Waals surface area contributed by atoms with Gasteiger partial charge in [0.05, 0.1) is 5.75 Å². The zero-order valence-electron chi connectivity index (χ0n) is 14.9. The van der Waals surface area contributed by atoms with Crippen molar-refractivity contribution < 1.29 is 4.79 Å². The molecule has 0 amide bonds. The molecular formula is C21H17N3O2S2. The highest BCUT2D eigenvalue weighted by atomic mass is 32.2. The van der Waals surface area contributed by atoms with Crippen molar-refractivity contribution in [2.45, 2.75) is 24.0 Å². The van der Waals surface area contributed by atoms with Crippen LogP contribution in [0.4, 0.5) is 0 Å². The van der Waals surface area contributed by atoms with Gasteiger partial charge in [-0.15, -0.1) is 16.4 Å². The average molecular weight is 408 g/mol. The van der Waals surface area contributed by atoms with Crippen molar-refractivity contribution in [1.29, 1.82) is 0 Å². The summed E-state index contributed by atoms with van der Waals surface area (Å²) in [5.74, 6) is 0.309. The number of aromatic nitrogens is 3. The predicted molar refractivity (Wildman–Crippen MR) is 113 cm³/mol. The van der Waals surface area contributed by atoms with Crippen LogP contribution in [0.5, 0.6) is 0 Å². The maximum Gasteiger partial charge on any atom is 0.344 e. The number of rotatable bonds is 5. The number of Topliss-reactive ketones (excluding diaryl/α,β-unsaturated/α-hetero) is 1. The average Bonchev–Trinajstić information content (AvgIpc) is 3.41. The van der Waals surface area contributed by atoms with E-state index in [9.17, 15) is 9.59 Å². The number of nitrogens with zero attached hydrogens (tertiary/aromatic N) is 2. The first-order valence-electron chi connectivity index (χ1n) is 9.06. The highest BCUT2D eigenvalue weighted by Crippen LogP contribution is 2.32. The molecule has 7 heteroatoms. The predicted octanol–water partition coefficient (Wildman–Crippen LogP) is 4.10. The Morgan fingerprint density at radius 1 is 1.14 bits per heavy atom. The number of ketones is 1. The summed E-state index contributed by atoms with van der Waals surface area (Å²) in [7, 11) is 0. The molecule has 0 bridgehead atoms. The Kier molecular flexibility index (Phi) is 4.41. The van der Waals surface area contributed by atoms with E-state index in [1.807, 2.05) is 41.8 Å². The van der Waals surface area contributed by atoms with Crippen LogP contribution in [0.3, 0.4) is 0 Å². The molecule has 140 valence electrons. The maximum atomic E-state index is 12.8. The lowest BCUT2D eigenvalue weighted by Gasteiger charge is -2.12. The fourth-order valence-corrected chi connectivity index (χ4v) is 5.70. The third-order valence-corrected chi connectivity index (χ3v) is 7.10. The largest absolute Gasteiger partial charge is 0.344 e. The third kappa shape index (κ3) is 3.00. The lowest BCUT2D eigenvalue weighted by Crippen LogP contribution is -2.23. The van der Waals surface area contributed by atoms with Crippen molar-refractivity contribution in [2.24, 2.45) is 0 Å². The summed E-state index contributed by atoms with van der Waals surface area (Å²) < 4.78 is 2.82. The van der Waals surface area contributed by atoms with Crippen molar-refractivity contribution >= 4 is 39.0 Å². The van der Waals surface area contributed by atoms with Crippen LogP contribution in [-0.4, -0.2) is 26.3 Å². The van der Waals surface area contributed by atoms with Crippen LogP contribution in [0.25, 0.3) is 10.1 Å². The number of nitrogens with one attached hydrogen (secondary N) is 1. The van der Waals surface area contributed by atoms with Crippen LogP contribution >= 0.6 is 23.1 Å². The van der Waals surface area contributed by atoms with Crippen LogP contribution in [0.1, 0.15) is 27.5 Å². The molecule has 1 N–H and O–H groups in total. The van der Waals surface area contributed by atoms with E-state index in [1.165, 1.54) is 22.9 Å². The Labute approximate surface area is 169 Å². The standard InChI is InChI=1S/C21H17N3O2S2/c25-18(17-11-27-19-8-4-3-7-16(17)19)12-28-21-23-22-20(26)24(21)15-9-13-5-1-2-6-14(13)10-15/h1-8,11,15H,9-10,12H2,(H,22,26).